The summed E-state index contributed by atoms with van der Waals surface area (Å²) in [5.74, 6) is -0.322. The molecule has 0 spiro atoms. The first-order valence-corrected chi connectivity index (χ1v) is 15.0. The summed E-state index contributed by atoms with van der Waals surface area (Å²) in [5.41, 5.74) is 2.38. The number of hydrogen-bond donors (Lipinski definition) is 2. The molecule has 7 unspecified atom stereocenters. The maximum Gasteiger partial charge on any atom is 0.302 e. The van der Waals surface area contributed by atoms with Crippen LogP contribution in [0.5, 0.6) is 0 Å². The molecular formula is C34H50O8. The summed E-state index contributed by atoms with van der Waals surface area (Å²) >= 11 is 0. The molecule has 0 amide bonds. The van der Waals surface area contributed by atoms with Crippen molar-refractivity contribution in [1.29, 1.82) is 0 Å². The smallest absolute Gasteiger partial charge is 0.302 e. The highest BCUT2D eigenvalue weighted by molar-refractivity contribution is 5.66. The second kappa shape index (κ2) is 14.5. The molecule has 2 rings (SSSR count). The van der Waals surface area contributed by atoms with Gasteiger partial charge in [0, 0.05) is 53.4 Å². The largest absolute Gasteiger partial charge is 0.465 e. The van der Waals surface area contributed by atoms with Crippen molar-refractivity contribution in [3.63, 3.8) is 0 Å². The number of aryl methyl sites for hydroxylation is 1. The SMILES string of the molecule is CCc1oc(C(C)C(OC(C)=O)C(C)C(O)C(C)=CC(C)c2oc(C(C)C(O)CC)c(C)c(=O)c2C)c(C)c(=O)c1C. The second-order valence-corrected chi connectivity index (χ2v) is 11.9. The van der Waals surface area contributed by atoms with Gasteiger partial charge in [0.25, 0.3) is 0 Å². The first-order valence-electron chi connectivity index (χ1n) is 15.0. The molecule has 0 aliphatic rings. The van der Waals surface area contributed by atoms with Crippen LogP contribution in [0, 0.1) is 33.6 Å². The minimum Gasteiger partial charge on any atom is -0.465 e. The van der Waals surface area contributed by atoms with Crippen LogP contribution >= 0.6 is 0 Å². The van der Waals surface area contributed by atoms with E-state index in [1.165, 1.54) is 6.92 Å². The Labute approximate surface area is 249 Å². The first kappa shape index (κ1) is 35.2. The van der Waals surface area contributed by atoms with E-state index >= 15 is 0 Å². The van der Waals surface area contributed by atoms with Crippen molar-refractivity contribution in [3.05, 3.63) is 77.4 Å². The second-order valence-electron chi connectivity index (χ2n) is 11.9. The molecule has 0 bridgehead atoms. The lowest BCUT2D eigenvalue weighted by molar-refractivity contribution is -0.152. The van der Waals surface area contributed by atoms with Crippen LogP contribution in [-0.4, -0.2) is 34.5 Å². The van der Waals surface area contributed by atoms with E-state index in [-0.39, 0.29) is 22.7 Å². The van der Waals surface area contributed by atoms with E-state index in [4.69, 9.17) is 13.6 Å². The van der Waals surface area contributed by atoms with Gasteiger partial charge in [0.05, 0.1) is 18.1 Å². The maximum atomic E-state index is 13.1. The van der Waals surface area contributed by atoms with E-state index in [0.717, 1.165) is 0 Å². The third kappa shape index (κ3) is 7.32. The van der Waals surface area contributed by atoms with E-state index in [0.29, 0.717) is 63.7 Å². The van der Waals surface area contributed by atoms with Crippen LogP contribution in [0.1, 0.15) is 125 Å². The number of rotatable bonds is 12. The van der Waals surface area contributed by atoms with E-state index in [2.05, 4.69) is 0 Å². The van der Waals surface area contributed by atoms with Gasteiger partial charge in [-0.3, -0.25) is 14.4 Å². The number of aliphatic hydroxyl groups excluding tert-OH is 2. The fourth-order valence-electron chi connectivity index (χ4n) is 5.92. The van der Waals surface area contributed by atoms with Gasteiger partial charge in [-0.15, -0.1) is 0 Å². The van der Waals surface area contributed by atoms with Gasteiger partial charge in [0.15, 0.2) is 10.9 Å². The monoisotopic (exact) mass is 586 g/mol. The quantitative estimate of drug-likeness (QED) is 0.227. The van der Waals surface area contributed by atoms with Gasteiger partial charge in [-0.05, 0) is 46.6 Å². The minimum atomic E-state index is -1.01. The van der Waals surface area contributed by atoms with Crippen molar-refractivity contribution in [2.24, 2.45) is 5.92 Å². The van der Waals surface area contributed by atoms with E-state index in [1.54, 1.807) is 41.5 Å². The van der Waals surface area contributed by atoms with Gasteiger partial charge < -0.3 is 23.8 Å². The molecule has 42 heavy (non-hydrogen) atoms. The molecule has 0 saturated heterocycles. The Bertz CT molecular complexity index is 1410. The topological polar surface area (TPSA) is 127 Å². The Morgan fingerprint density at radius 2 is 1.31 bits per heavy atom. The molecule has 2 N–H and O–H groups in total. The lowest BCUT2D eigenvalue weighted by Gasteiger charge is -2.32. The number of carbonyl (C=O) groups is 1. The molecule has 8 nitrogen and oxygen atoms in total. The zero-order chi connectivity index (χ0) is 32.2. The fraction of sp³-hybridized carbons (Fsp3) is 0.618. The van der Waals surface area contributed by atoms with Gasteiger partial charge in [-0.1, -0.05) is 47.6 Å². The predicted octanol–water partition coefficient (Wildman–Crippen LogP) is 6.05. The number of esters is 1. The molecule has 0 saturated carbocycles. The summed E-state index contributed by atoms with van der Waals surface area (Å²) in [4.78, 5) is 38.2. The van der Waals surface area contributed by atoms with Crippen molar-refractivity contribution in [2.45, 2.75) is 132 Å². The highest BCUT2D eigenvalue weighted by Gasteiger charge is 2.36. The van der Waals surface area contributed by atoms with Gasteiger partial charge in [0.1, 0.15) is 29.1 Å². The summed E-state index contributed by atoms with van der Waals surface area (Å²) in [6.45, 7) is 21.1. The normalized spacial score (nSPS) is 17.2. The van der Waals surface area contributed by atoms with Crippen molar-refractivity contribution < 1.29 is 28.6 Å². The number of aliphatic hydroxyl groups is 2. The molecule has 0 aliphatic carbocycles. The molecular weight excluding hydrogens is 536 g/mol. The highest BCUT2D eigenvalue weighted by Crippen LogP contribution is 2.34. The Hall–Kier alpha value is -2.97. The lowest BCUT2D eigenvalue weighted by Crippen LogP contribution is -2.38. The molecule has 2 aromatic heterocycles. The van der Waals surface area contributed by atoms with Crippen LogP contribution in [0.2, 0.25) is 0 Å². The minimum absolute atomic E-state index is 0.102. The van der Waals surface area contributed by atoms with Crippen LogP contribution in [-0.2, 0) is 16.0 Å². The van der Waals surface area contributed by atoms with Crippen molar-refractivity contribution in [3.8, 4) is 0 Å². The third-order valence-electron chi connectivity index (χ3n) is 8.69. The average Bonchev–Trinajstić information content (AvgIpc) is 2.95. The van der Waals surface area contributed by atoms with Crippen LogP contribution < -0.4 is 10.9 Å². The van der Waals surface area contributed by atoms with E-state index in [1.807, 2.05) is 40.7 Å². The van der Waals surface area contributed by atoms with Crippen molar-refractivity contribution in [2.75, 3.05) is 0 Å². The number of hydrogen-bond acceptors (Lipinski definition) is 8. The summed E-state index contributed by atoms with van der Waals surface area (Å²) < 4.78 is 18.1. The Morgan fingerprint density at radius 1 is 0.810 bits per heavy atom. The van der Waals surface area contributed by atoms with Gasteiger partial charge in [-0.2, -0.15) is 0 Å². The number of allylic oxidation sites excluding steroid dienone is 1. The van der Waals surface area contributed by atoms with Gasteiger partial charge in [0.2, 0.25) is 0 Å². The molecule has 7 atom stereocenters. The molecule has 2 aromatic rings. The van der Waals surface area contributed by atoms with Crippen LogP contribution in [0.15, 0.2) is 30.1 Å². The Kier molecular flexibility index (Phi) is 12.1. The molecule has 0 aliphatic heterocycles. The summed E-state index contributed by atoms with van der Waals surface area (Å²) in [6, 6.07) is 0. The summed E-state index contributed by atoms with van der Waals surface area (Å²) in [5, 5.41) is 21.9. The van der Waals surface area contributed by atoms with E-state index < -0.39 is 36.1 Å². The molecule has 2 heterocycles. The van der Waals surface area contributed by atoms with Crippen molar-refractivity contribution >= 4 is 5.97 Å². The van der Waals surface area contributed by atoms with Crippen LogP contribution in [0.25, 0.3) is 0 Å². The molecule has 8 heteroatoms. The zero-order valence-corrected chi connectivity index (χ0v) is 27.4. The Balaban J connectivity index is 2.50. The van der Waals surface area contributed by atoms with Crippen molar-refractivity contribution in [1.82, 2.24) is 0 Å². The maximum absolute atomic E-state index is 13.1. The zero-order valence-electron chi connectivity index (χ0n) is 27.4. The average molecular weight is 587 g/mol. The molecule has 0 fully saturated rings. The third-order valence-corrected chi connectivity index (χ3v) is 8.69. The molecule has 234 valence electrons. The predicted molar refractivity (Wildman–Crippen MR) is 164 cm³/mol. The van der Waals surface area contributed by atoms with Gasteiger partial charge >= 0.3 is 5.97 Å². The van der Waals surface area contributed by atoms with Gasteiger partial charge in [-0.25, -0.2) is 0 Å². The summed E-state index contributed by atoms with van der Waals surface area (Å²) in [6.07, 6.45) is 0.470. The number of carbonyl (C=O) groups excluding carboxylic acids is 1. The van der Waals surface area contributed by atoms with Crippen LogP contribution in [0.4, 0.5) is 0 Å². The first-order chi connectivity index (χ1) is 19.5. The molecule has 0 aromatic carbocycles. The highest BCUT2D eigenvalue weighted by atomic mass is 16.5. The Morgan fingerprint density at radius 3 is 1.81 bits per heavy atom. The van der Waals surface area contributed by atoms with Crippen LogP contribution in [0.3, 0.4) is 0 Å². The lowest BCUT2D eigenvalue weighted by atomic mass is 9.83. The summed E-state index contributed by atoms with van der Waals surface area (Å²) in [7, 11) is 0. The van der Waals surface area contributed by atoms with E-state index in [9.17, 15) is 24.6 Å². The standard InChI is InChI=1S/C34H50O8/c1-13-26(36)18(5)32-23(10)30(39)21(8)31(42-32)17(4)15-16(3)28(37)20(7)33(40-25(12)35)24(11)34-22(9)29(38)19(6)27(14-2)41-34/h15,17-18,20,24,26,28,33,36-37H,13-14H2,1-12H3. The molecule has 0 radical (unpaired) electrons. The number of ether oxygens (including phenoxy) is 1. The fourth-order valence-corrected chi connectivity index (χ4v) is 5.92.